The van der Waals surface area contributed by atoms with Crippen molar-refractivity contribution in [3.8, 4) is 12.1 Å². The molecule has 0 fully saturated rings. The topological polar surface area (TPSA) is 125 Å². The normalized spacial score (nSPS) is 11.6. The quantitative estimate of drug-likeness (QED) is 0.118. The Morgan fingerprint density at radius 2 is 0.658 bits per heavy atom. The number of aryl methyl sites for hydroxylation is 2. The molecule has 0 aliphatic heterocycles. The SMILES string of the molecule is Cc1nc2c(nc1C)c1nc3c(F)c(C#N)c(F)c(F)c3nc1c1nc3c(F)c(C#N)c(F)c(F)c3nc21. The van der Waals surface area contributed by atoms with Gasteiger partial charge >= 0.3 is 0 Å². The summed E-state index contributed by atoms with van der Waals surface area (Å²) in [5.41, 5.74) is -6.63. The van der Waals surface area contributed by atoms with Crippen LogP contribution in [-0.4, -0.2) is 29.9 Å². The lowest BCUT2D eigenvalue weighted by Gasteiger charge is -2.12. The fourth-order valence-electron chi connectivity index (χ4n) is 4.13. The molecule has 3 aromatic carbocycles. The molecular weight excluding hydrogens is 514 g/mol. The van der Waals surface area contributed by atoms with E-state index in [0.29, 0.717) is 11.4 Å². The lowest BCUT2D eigenvalue weighted by atomic mass is 10.1. The smallest absolute Gasteiger partial charge is 0.188 e. The predicted molar refractivity (Wildman–Crippen MR) is 119 cm³/mol. The van der Waals surface area contributed by atoms with Crippen molar-refractivity contribution >= 4 is 55.2 Å². The molecule has 0 atom stereocenters. The van der Waals surface area contributed by atoms with Crippen LogP contribution >= 0.6 is 0 Å². The highest BCUT2D eigenvalue weighted by atomic mass is 19.2. The number of rotatable bonds is 0. The van der Waals surface area contributed by atoms with Gasteiger partial charge in [0.1, 0.15) is 78.4 Å². The number of nitrogens with zero attached hydrogens (tertiary/aromatic N) is 8. The number of hydrogen-bond donors (Lipinski definition) is 0. The van der Waals surface area contributed by atoms with E-state index in [-0.39, 0.29) is 33.1 Å². The standard InChI is InChI=1S/C24H6F6N8/c1-5-6(2)34-20-19(33-5)21-24(38-18-14(30)10(26)7(3-31)11(27)15(18)35-21)23-22(20)37-17-13(29)9(25)8(4-32)12(28)16(17)36-23/h1-2H3. The van der Waals surface area contributed by atoms with Crippen LogP contribution < -0.4 is 0 Å². The average molecular weight is 520 g/mol. The van der Waals surface area contributed by atoms with Gasteiger partial charge in [0.05, 0.1) is 11.4 Å². The molecule has 184 valence electrons. The minimum atomic E-state index is -1.80. The molecule has 8 nitrogen and oxygen atoms in total. The first kappa shape index (κ1) is 23.2. The van der Waals surface area contributed by atoms with E-state index < -0.39 is 68.1 Å². The average Bonchev–Trinajstić information content (AvgIpc) is 2.91. The highest BCUT2D eigenvalue weighted by molar-refractivity contribution is 6.20. The van der Waals surface area contributed by atoms with E-state index >= 15 is 0 Å². The minimum Gasteiger partial charge on any atom is -0.247 e. The van der Waals surface area contributed by atoms with Crippen molar-refractivity contribution in [3.63, 3.8) is 0 Å². The molecule has 0 unspecified atom stereocenters. The fourth-order valence-corrected chi connectivity index (χ4v) is 4.13. The Labute approximate surface area is 205 Å². The zero-order chi connectivity index (χ0) is 27.2. The molecule has 14 heteroatoms. The Morgan fingerprint density at radius 3 is 0.947 bits per heavy atom. The molecular formula is C24H6F6N8. The molecule has 0 radical (unpaired) electrons. The maximum absolute atomic E-state index is 15.0. The predicted octanol–water partition coefficient (Wildman–Crippen LogP) is 5.02. The Hall–Kier alpha value is -5.24. The molecule has 0 spiro atoms. The monoisotopic (exact) mass is 520 g/mol. The summed E-state index contributed by atoms with van der Waals surface area (Å²) in [6.07, 6.45) is 0. The summed E-state index contributed by atoms with van der Waals surface area (Å²) in [5, 5.41) is 18.2. The van der Waals surface area contributed by atoms with E-state index in [1.54, 1.807) is 13.8 Å². The number of benzene rings is 3. The zero-order valence-corrected chi connectivity index (χ0v) is 18.8. The molecule has 6 rings (SSSR count). The van der Waals surface area contributed by atoms with Gasteiger partial charge in [0.25, 0.3) is 0 Å². The van der Waals surface area contributed by atoms with Gasteiger partial charge in [-0.25, -0.2) is 56.2 Å². The molecule has 0 amide bonds. The van der Waals surface area contributed by atoms with Crippen LogP contribution in [0.4, 0.5) is 26.3 Å². The molecule has 0 saturated carbocycles. The van der Waals surface area contributed by atoms with Crippen molar-refractivity contribution < 1.29 is 26.3 Å². The molecule has 3 heterocycles. The summed E-state index contributed by atoms with van der Waals surface area (Å²) in [6, 6.07) is 2.45. The number of nitriles is 2. The second-order valence-corrected chi connectivity index (χ2v) is 8.19. The third-order valence-corrected chi connectivity index (χ3v) is 6.09. The van der Waals surface area contributed by atoms with Crippen LogP contribution in [0.15, 0.2) is 0 Å². The lowest BCUT2D eigenvalue weighted by molar-refractivity contribution is 0.500. The van der Waals surface area contributed by atoms with Gasteiger partial charge in [-0.3, -0.25) is 0 Å². The van der Waals surface area contributed by atoms with E-state index in [9.17, 15) is 26.3 Å². The zero-order valence-electron chi connectivity index (χ0n) is 18.8. The third kappa shape index (κ3) is 2.79. The number of hydrogen-bond acceptors (Lipinski definition) is 8. The van der Waals surface area contributed by atoms with Crippen molar-refractivity contribution in [1.82, 2.24) is 29.9 Å². The van der Waals surface area contributed by atoms with Crippen LogP contribution in [0.1, 0.15) is 22.5 Å². The molecule has 0 aliphatic carbocycles. The van der Waals surface area contributed by atoms with Gasteiger partial charge in [0.2, 0.25) is 0 Å². The van der Waals surface area contributed by atoms with Crippen LogP contribution in [-0.2, 0) is 0 Å². The van der Waals surface area contributed by atoms with Crippen LogP contribution in [0, 0.1) is 71.4 Å². The Kier molecular flexibility index (Phi) is 4.65. The van der Waals surface area contributed by atoms with Crippen molar-refractivity contribution in [1.29, 1.82) is 10.5 Å². The summed E-state index contributed by atoms with van der Waals surface area (Å²) in [5.74, 6) is -9.92. The first-order valence-corrected chi connectivity index (χ1v) is 10.5. The third-order valence-electron chi connectivity index (χ3n) is 6.09. The number of halogens is 6. The Bertz CT molecular complexity index is 2200. The van der Waals surface area contributed by atoms with Gasteiger partial charge < -0.3 is 0 Å². The van der Waals surface area contributed by atoms with Gasteiger partial charge in [-0.1, -0.05) is 0 Å². The summed E-state index contributed by atoms with van der Waals surface area (Å²) < 4.78 is 88.3. The van der Waals surface area contributed by atoms with Gasteiger partial charge in [-0.2, -0.15) is 10.5 Å². The van der Waals surface area contributed by atoms with Crippen LogP contribution in [0.25, 0.3) is 55.2 Å². The number of fused-ring (bicyclic) bond motifs is 8. The fraction of sp³-hybridized carbons (Fsp3) is 0.0833. The molecule has 0 saturated heterocycles. The van der Waals surface area contributed by atoms with E-state index in [1.165, 1.54) is 12.1 Å². The van der Waals surface area contributed by atoms with Gasteiger partial charge in [0.15, 0.2) is 34.9 Å². The highest BCUT2D eigenvalue weighted by Gasteiger charge is 2.28. The van der Waals surface area contributed by atoms with Crippen molar-refractivity contribution in [2.45, 2.75) is 13.8 Å². The minimum absolute atomic E-state index is 0.0868. The van der Waals surface area contributed by atoms with E-state index in [2.05, 4.69) is 29.9 Å². The van der Waals surface area contributed by atoms with Gasteiger partial charge in [0, 0.05) is 0 Å². The van der Waals surface area contributed by atoms with Crippen LogP contribution in [0.5, 0.6) is 0 Å². The first-order chi connectivity index (χ1) is 18.1. The molecule has 3 aromatic heterocycles. The summed E-state index contributed by atoms with van der Waals surface area (Å²) in [6.45, 7) is 3.16. The van der Waals surface area contributed by atoms with E-state index in [0.717, 1.165) is 0 Å². The summed E-state index contributed by atoms with van der Waals surface area (Å²) >= 11 is 0. The maximum Gasteiger partial charge on any atom is 0.188 e. The first-order valence-electron chi connectivity index (χ1n) is 10.5. The van der Waals surface area contributed by atoms with Gasteiger partial charge in [-0.05, 0) is 13.8 Å². The molecule has 38 heavy (non-hydrogen) atoms. The van der Waals surface area contributed by atoms with Crippen molar-refractivity contribution in [2.24, 2.45) is 0 Å². The molecule has 6 aromatic rings. The maximum atomic E-state index is 15.0. The lowest BCUT2D eigenvalue weighted by Crippen LogP contribution is -2.06. The van der Waals surface area contributed by atoms with Gasteiger partial charge in [-0.15, -0.1) is 0 Å². The molecule has 0 bridgehead atoms. The molecule has 0 aliphatic rings. The van der Waals surface area contributed by atoms with Crippen LogP contribution in [0.2, 0.25) is 0 Å². The summed E-state index contributed by atoms with van der Waals surface area (Å²) in [4.78, 5) is 24.8. The largest absolute Gasteiger partial charge is 0.247 e. The second-order valence-electron chi connectivity index (χ2n) is 8.19. The summed E-state index contributed by atoms with van der Waals surface area (Å²) in [7, 11) is 0. The Balaban J connectivity index is 1.96. The van der Waals surface area contributed by atoms with Crippen molar-refractivity contribution in [3.05, 3.63) is 57.4 Å². The number of aromatic nitrogens is 6. The van der Waals surface area contributed by atoms with Crippen LogP contribution in [0.3, 0.4) is 0 Å². The van der Waals surface area contributed by atoms with Crippen molar-refractivity contribution in [2.75, 3.05) is 0 Å². The van der Waals surface area contributed by atoms with E-state index in [1.807, 2.05) is 0 Å². The highest BCUT2D eigenvalue weighted by Crippen LogP contribution is 2.35. The second kappa shape index (κ2) is 7.63. The molecule has 0 N–H and O–H groups in total. The van der Waals surface area contributed by atoms with E-state index in [4.69, 9.17) is 10.5 Å². The Morgan fingerprint density at radius 1 is 0.395 bits per heavy atom.